The summed E-state index contributed by atoms with van der Waals surface area (Å²) in [5.74, 6) is -0.110. The maximum absolute atomic E-state index is 12.5. The summed E-state index contributed by atoms with van der Waals surface area (Å²) >= 11 is 6.37. The third-order valence-electron chi connectivity index (χ3n) is 3.62. The normalized spacial score (nSPS) is 16.0. The molecule has 2 aromatic rings. The molecule has 0 saturated carbocycles. The van der Waals surface area contributed by atoms with Crippen LogP contribution in [0.15, 0.2) is 77.1 Å². The molecular formula is C19H15NO4S3. The lowest BCUT2D eigenvalue weighted by molar-refractivity contribution is -0.121. The summed E-state index contributed by atoms with van der Waals surface area (Å²) < 4.78 is 30.7. The van der Waals surface area contributed by atoms with Crippen LogP contribution in [0.1, 0.15) is 5.56 Å². The van der Waals surface area contributed by atoms with Crippen molar-refractivity contribution in [1.29, 1.82) is 0 Å². The van der Waals surface area contributed by atoms with E-state index in [9.17, 15) is 13.2 Å². The molecule has 5 nitrogen and oxygen atoms in total. The number of para-hydroxylation sites is 1. The lowest BCUT2D eigenvalue weighted by atomic mass is 10.2. The van der Waals surface area contributed by atoms with Crippen molar-refractivity contribution in [1.82, 2.24) is 4.90 Å². The Bertz CT molecular complexity index is 1030. The Labute approximate surface area is 167 Å². The summed E-state index contributed by atoms with van der Waals surface area (Å²) in [4.78, 5) is 14.4. The van der Waals surface area contributed by atoms with Gasteiger partial charge in [0.05, 0.1) is 4.91 Å². The van der Waals surface area contributed by atoms with Gasteiger partial charge in [0, 0.05) is 12.1 Å². The molecule has 1 aliphatic heterocycles. The van der Waals surface area contributed by atoms with Gasteiger partial charge >= 0.3 is 10.1 Å². The number of rotatable bonds is 6. The van der Waals surface area contributed by atoms with Gasteiger partial charge in [0.15, 0.2) is 0 Å². The van der Waals surface area contributed by atoms with Crippen molar-refractivity contribution in [2.24, 2.45) is 0 Å². The first-order valence-corrected chi connectivity index (χ1v) is 10.5. The smallest absolute Gasteiger partial charge is 0.339 e. The maximum Gasteiger partial charge on any atom is 0.339 e. The number of hydrogen-bond donors (Lipinski definition) is 0. The number of thioether (sulfide) groups is 1. The highest BCUT2D eigenvalue weighted by Gasteiger charge is 2.31. The minimum atomic E-state index is -3.98. The lowest BCUT2D eigenvalue weighted by Gasteiger charge is -2.11. The van der Waals surface area contributed by atoms with Crippen LogP contribution in [0, 0.1) is 0 Å². The summed E-state index contributed by atoms with van der Waals surface area (Å²) in [5.41, 5.74) is 0.469. The Balaban J connectivity index is 1.93. The molecule has 1 heterocycles. The average molecular weight is 418 g/mol. The molecular weight excluding hydrogens is 402 g/mol. The number of thiocarbonyl (C=S) groups is 1. The molecule has 3 rings (SSSR count). The predicted molar refractivity (Wildman–Crippen MR) is 111 cm³/mol. The lowest BCUT2D eigenvalue weighted by Crippen LogP contribution is -2.27. The molecule has 0 spiro atoms. The summed E-state index contributed by atoms with van der Waals surface area (Å²) in [5, 5.41) is 0. The molecule has 0 atom stereocenters. The zero-order valence-electron chi connectivity index (χ0n) is 14.1. The van der Waals surface area contributed by atoms with E-state index in [4.69, 9.17) is 16.4 Å². The average Bonchev–Trinajstić information content (AvgIpc) is 2.92. The SMILES string of the molecule is C=CCN1C(=O)/C(=C/c2ccccc2OS(=O)(=O)c2ccccc2)SC1=S. The number of amides is 1. The molecule has 1 saturated heterocycles. The van der Waals surface area contributed by atoms with Gasteiger partial charge in [0.25, 0.3) is 5.91 Å². The van der Waals surface area contributed by atoms with Crippen LogP contribution in [-0.4, -0.2) is 30.1 Å². The topological polar surface area (TPSA) is 63.7 Å². The Morgan fingerprint density at radius 2 is 1.78 bits per heavy atom. The van der Waals surface area contributed by atoms with E-state index < -0.39 is 10.1 Å². The molecule has 0 N–H and O–H groups in total. The van der Waals surface area contributed by atoms with Crippen molar-refractivity contribution in [3.8, 4) is 5.75 Å². The van der Waals surface area contributed by atoms with Gasteiger partial charge in [-0.05, 0) is 24.3 Å². The molecule has 1 amide bonds. The molecule has 1 fully saturated rings. The Hall–Kier alpha value is -2.42. The van der Waals surface area contributed by atoms with Crippen LogP contribution in [0.5, 0.6) is 5.75 Å². The van der Waals surface area contributed by atoms with E-state index in [2.05, 4.69) is 6.58 Å². The quantitative estimate of drug-likeness (QED) is 0.308. The minimum absolute atomic E-state index is 0.0529. The van der Waals surface area contributed by atoms with E-state index in [1.54, 1.807) is 48.6 Å². The fourth-order valence-electron chi connectivity index (χ4n) is 2.36. The molecule has 0 radical (unpaired) electrons. The maximum atomic E-state index is 12.5. The van der Waals surface area contributed by atoms with Gasteiger partial charge in [0.2, 0.25) is 0 Å². The van der Waals surface area contributed by atoms with Gasteiger partial charge in [-0.15, -0.1) is 6.58 Å². The summed E-state index contributed by atoms with van der Waals surface area (Å²) in [6, 6.07) is 14.5. The van der Waals surface area contributed by atoms with Crippen molar-refractivity contribution < 1.29 is 17.4 Å². The number of hydrogen-bond acceptors (Lipinski definition) is 6. The molecule has 27 heavy (non-hydrogen) atoms. The van der Waals surface area contributed by atoms with Gasteiger partial charge in [-0.25, -0.2) is 0 Å². The van der Waals surface area contributed by atoms with Crippen molar-refractivity contribution in [2.45, 2.75) is 4.90 Å². The van der Waals surface area contributed by atoms with Gasteiger partial charge < -0.3 is 4.18 Å². The second-order valence-corrected chi connectivity index (χ2v) is 8.69. The second-order valence-electron chi connectivity index (χ2n) is 5.47. The van der Waals surface area contributed by atoms with Crippen molar-refractivity contribution in [3.63, 3.8) is 0 Å². The zero-order chi connectivity index (χ0) is 19.4. The summed E-state index contributed by atoms with van der Waals surface area (Å²) in [7, 11) is -3.98. The number of benzene rings is 2. The van der Waals surface area contributed by atoms with E-state index in [1.807, 2.05) is 0 Å². The van der Waals surface area contributed by atoms with E-state index in [0.717, 1.165) is 11.8 Å². The van der Waals surface area contributed by atoms with Crippen LogP contribution in [-0.2, 0) is 14.9 Å². The van der Waals surface area contributed by atoms with Gasteiger partial charge in [-0.2, -0.15) is 8.42 Å². The van der Waals surface area contributed by atoms with Crippen molar-refractivity contribution in [3.05, 3.63) is 77.7 Å². The molecule has 0 bridgehead atoms. The minimum Gasteiger partial charge on any atom is -0.378 e. The number of carbonyl (C=O) groups excluding carboxylic acids is 1. The summed E-state index contributed by atoms with van der Waals surface area (Å²) in [6.07, 6.45) is 3.18. The highest BCUT2D eigenvalue weighted by atomic mass is 32.2. The molecule has 8 heteroatoms. The fraction of sp³-hybridized carbons (Fsp3) is 0.0526. The molecule has 138 valence electrons. The van der Waals surface area contributed by atoms with E-state index in [0.29, 0.717) is 21.3 Å². The Morgan fingerprint density at radius 3 is 2.48 bits per heavy atom. The molecule has 1 aliphatic rings. The van der Waals surface area contributed by atoms with Crippen LogP contribution in [0.3, 0.4) is 0 Å². The number of carbonyl (C=O) groups is 1. The summed E-state index contributed by atoms with van der Waals surface area (Å²) in [6.45, 7) is 3.94. The molecule has 0 aliphatic carbocycles. The van der Waals surface area contributed by atoms with Crippen LogP contribution in [0.2, 0.25) is 0 Å². The van der Waals surface area contributed by atoms with E-state index in [1.165, 1.54) is 23.1 Å². The first-order valence-electron chi connectivity index (χ1n) is 7.87. The molecule has 0 unspecified atom stereocenters. The van der Waals surface area contributed by atoms with Gasteiger partial charge in [-0.3, -0.25) is 9.69 Å². The third-order valence-corrected chi connectivity index (χ3v) is 6.25. The van der Waals surface area contributed by atoms with Crippen molar-refractivity contribution >= 4 is 50.4 Å². The van der Waals surface area contributed by atoms with E-state index in [-0.39, 0.29) is 16.6 Å². The van der Waals surface area contributed by atoms with Crippen LogP contribution < -0.4 is 4.18 Å². The van der Waals surface area contributed by atoms with Crippen LogP contribution >= 0.6 is 24.0 Å². The fourth-order valence-corrected chi connectivity index (χ4v) is 4.60. The predicted octanol–water partition coefficient (Wildman–Crippen LogP) is 3.84. The van der Waals surface area contributed by atoms with Gasteiger partial charge in [0.1, 0.15) is 15.0 Å². The largest absolute Gasteiger partial charge is 0.378 e. The monoisotopic (exact) mass is 417 g/mol. The van der Waals surface area contributed by atoms with Crippen LogP contribution in [0.4, 0.5) is 0 Å². The van der Waals surface area contributed by atoms with Crippen LogP contribution in [0.25, 0.3) is 6.08 Å². The first kappa shape index (κ1) is 19.3. The molecule has 2 aromatic carbocycles. The Morgan fingerprint density at radius 1 is 1.11 bits per heavy atom. The molecule has 0 aromatic heterocycles. The number of nitrogens with zero attached hydrogens (tertiary/aromatic N) is 1. The standard InChI is InChI=1S/C19H15NO4S3/c1-2-12-20-18(21)17(26-19(20)25)13-14-8-6-7-11-16(14)24-27(22,23)15-9-4-3-5-10-15/h2-11,13H,1,12H2/b17-13-. The van der Waals surface area contributed by atoms with E-state index >= 15 is 0 Å². The second kappa shape index (κ2) is 8.08. The first-order chi connectivity index (χ1) is 12.9. The Kier molecular flexibility index (Phi) is 5.79. The van der Waals surface area contributed by atoms with Gasteiger partial charge in [-0.1, -0.05) is 66.5 Å². The highest BCUT2D eigenvalue weighted by molar-refractivity contribution is 8.26. The highest BCUT2D eigenvalue weighted by Crippen LogP contribution is 2.34. The van der Waals surface area contributed by atoms with Crippen molar-refractivity contribution in [2.75, 3.05) is 6.54 Å². The third kappa shape index (κ3) is 4.29. The zero-order valence-corrected chi connectivity index (χ0v) is 16.5.